The van der Waals surface area contributed by atoms with E-state index in [0.29, 0.717) is 25.2 Å². The van der Waals surface area contributed by atoms with Crippen LogP contribution in [0.4, 0.5) is 4.39 Å². The first-order valence-corrected chi connectivity index (χ1v) is 9.63. The number of hydrazone groups is 1. The third-order valence-electron chi connectivity index (χ3n) is 5.24. The summed E-state index contributed by atoms with van der Waals surface area (Å²) in [5.41, 5.74) is 3.42. The summed E-state index contributed by atoms with van der Waals surface area (Å²) < 4.78 is 19.9. The van der Waals surface area contributed by atoms with E-state index in [1.165, 1.54) is 11.1 Å². The molecular weight excluding hydrogens is 357 g/mol. The van der Waals surface area contributed by atoms with Gasteiger partial charge in [0.25, 0.3) is 5.91 Å². The standard InChI is InChI=1S/C22H24FN3O2/c1-16-5-4-6-17(13-16)20-14-21(18-7-2-3-8-19(18)23)26(24-20)22(27)15-25-9-11-28-12-10-25/h2-8,13,21H,9-12,14-15H2,1H3. The number of hydrogen-bond acceptors (Lipinski definition) is 4. The number of aryl methyl sites for hydroxylation is 1. The number of nitrogens with zero attached hydrogens (tertiary/aromatic N) is 3. The topological polar surface area (TPSA) is 45.1 Å². The molecule has 0 spiro atoms. The minimum absolute atomic E-state index is 0.113. The molecule has 0 bridgehead atoms. The highest BCUT2D eigenvalue weighted by Gasteiger charge is 2.35. The molecule has 0 radical (unpaired) electrons. The Bertz CT molecular complexity index is 893. The van der Waals surface area contributed by atoms with Gasteiger partial charge in [0.05, 0.1) is 31.5 Å². The molecule has 2 heterocycles. The van der Waals surface area contributed by atoms with Gasteiger partial charge >= 0.3 is 0 Å². The van der Waals surface area contributed by atoms with Crippen molar-refractivity contribution in [3.05, 3.63) is 71.0 Å². The molecule has 146 valence electrons. The fourth-order valence-corrected chi connectivity index (χ4v) is 3.75. The predicted octanol–water partition coefficient (Wildman–Crippen LogP) is 3.14. The van der Waals surface area contributed by atoms with Crippen molar-refractivity contribution in [1.29, 1.82) is 0 Å². The molecule has 6 heteroatoms. The van der Waals surface area contributed by atoms with E-state index in [9.17, 15) is 9.18 Å². The van der Waals surface area contributed by atoms with Gasteiger partial charge in [0.15, 0.2) is 0 Å². The number of amides is 1. The molecule has 1 unspecified atom stereocenters. The molecule has 0 aliphatic carbocycles. The Hall–Kier alpha value is -2.57. The largest absolute Gasteiger partial charge is 0.379 e. The fourth-order valence-electron chi connectivity index (χ4n) is 3.75. The number of morpholine rings is 1. The van der Waals surface area contributed by atoms with E-state index in [1.54, 1.807) is 18.2 Å². The molecule has 2 aliphatic rings. The lowest BCUT2D eigenvalue weighted by Gasteiger charge is -2.29. The third-order valence-corrected chi connectivity index (χ3v) is 5.24. The first kappa shape index (κ1) is 18.8. The van der Waals surface area contributed by atoms with Crippen molar-refractivity contribution in [2.24, 2.45) is 5.10 Å². The highest BCUT2D eigenvalue weighted by molar-refractivity contribution is 6.03. The smallest absolute Gasteiger partial charge is 0.257 e. The van der Waals surface area contributed by atoms with Crippen LogP contribution in [-0.2, 0) is 9.53 Å². The summed E-state index contributed by atoms with van der Waals surface area (Å²) in [6.45, 7) is 4.98. The van der Waals surface area contributed by atoms with Gasteiger partial charge in [-0.05, 0) is 18.6 Å². The number of carbonyl (C=O) groups excluding carboxylic acids is 1. The fraction of sp³-hybridized carbons (Fsp3) is 0.364. The van der Waals surface area contributed by atoms with Gasteiger partial charge in [-0.25, -0.2) is 9.40 Å². The van der Waals surface area contributed by atoms with Crippen LogP contribution in [0.3, 0.4) is 0 Å². The van der Waals surface area contributed by atoms with Gasteiger partial charge in [-0.3, -0.25) is 9.69 Å². The highest BCUT2D eigenvalue weighted by Crippen LogP contribution is 2.34. The summed E-state index contributed by atoms with van der Waals surface area (Å²) in [5, 5.41) is 6.12. The minimum atomic E-state index is -0.426. The van der Waals surface area contributed by atoms with Crippen LogP contribution < -0.4 is 0 Å². The van der Waals surface area contributed by atoms with E-state index in [0.717, 1.165) is 29.9 Å². The van der Waals surface area contributed by atoms with Gasteiger partial charge in [-0.2, -0.15) is 5.10 Å². The third kappa shape index (κ3) is 3.98. The molecule has 4 rings (SSSR count). The zero-order valence-corrected chi connectivity index (χ0v) is 16.0. The Balaban J connectivity index is 1.63. The summed E-state index contributed by atoms with van der Waals surface area (Å²) in [4.78, 5) is 15.1. The van der Waals surface area contributed by atoms with Crippen LogP contribution in [0.15, 0.2) is 53.6 Å². The lowest BCUT2D eigenvalue weighted by Crippen LogP contribution is -2.43. The van der Waals surface area contributed by atoms with Gasteiger partial charge in [-0.1, -0.05) is 48.0 Å². The van der Waals surface area contributed by atoms with Crippen molar-refractivity contribution in [1.82, 2.24) is 9.91 Å². The molecule has 0 aromatic heterocycles. The second-order valence-corrected chi connectivity index (χ2v) is 7.28. The molecular formula is C22H24FN3O2. The minimum Gasteiger partial charge on any atom is -0.379 e. The first-order chi connectivity index (χ1) is 13.6. The van der Waals surface area contributed by atoms with Crippen LogP contribution in [0.25, 0.3) is 0 Å². The zero-order chi connectivity index (χ0) is 19.5. The van der Waals surface area contributed by atoms with Gasteiger partial charge in [-0.15, -0.1) is 0 Å². The monoisotopic (exact) mass is 381 g/mol. The van der Waals surface area contributed by atoms with Gasteiger partial charge in [0.1, 0.15) is 5.82 Å². The highest BCUT2D eigenvalue weighted by atomic mass is 19.1. The number of benzene rings is 2. The molecule has 1 saturated heterocycles. The Kier molecular flexibility index (Phi) is 5.50. The Morgan fingerprint density at radius 3 is 2.71 bits per heavy atom. The average Bonchev–Trinajstić information content (AvgIpc) is 3.14. The Morgan fingerprint density at radius 1 is 1.18 bits per heavy atom. The van der Waals surface area contributed by atoms with Crippen LogP contribution in [0.2, 0.25) is 0 Å². The van der Waals surface area contributed by atoms with Crippen LogP contribution >= 0.6 is 0 Å². The van der Waals surface area contributed by atoms with Crippen molar-refractivity contribution in [3.63, 3.8) is 0 Å². The molecule has 2 aromatic rings. The van der Waals surface area contributed by atoms with E-state index in [-0.39, 0.29) is 18.3 Å². The lowest BCUT2D eigenvalue weighted by atomic mass is 9.97. The second-order valence-electron chi connectivity index (χ2n) is 7.28. The van der Waals surface area contributed by atoms with Gasteiger partial charge in [0.2, 0.25) is 0 Å². The summed E-state index contributed by atoms with van der Waals surface area (Å²) in [7, 11) is 0. The molecule has 28 heavy (non-hydrogen) atoms. The normalized spacial score (nSPS) is 20.3. The second kappa shape index (κ2) is 8.20. The van der Waals surface area contributed by atoms with Crippen molar-refractivity contribution in [2.75, 3.05) is 32.8 Å². The van der Waals surface area contributed by atoms with Crippen LogP contribution in [0.5, 0.6) is 0 Å². The van der Waals surface area contributed by atoms with E-state index >= 15 is 0 Å². The molecule has 1 amide bonds. The van der Waals surface area contributed by atoms with Crippen LogP contribution in [0.1, 0.15) is 29.2 Å². The van der Waals surface area contributed by atoms with Crippen molar-refractivity contribution in [3.8, 4) is 0 Å². The van der Waals surface area contributed by atoms with Crippen molar-refractivity contribution >= 4 is 11.6 Å². The predicted molar refractivity (Wildman–Crippen MR) is 106 cm³/mol. The first-order valence-electron chi connectivity index (χ1n) is 9.63. The Morgan fingerprint density at radius 2 is 1.96 bits per heavy atom. The number of ether oxygens (including phenoxy) is 1. The van der Waals surface area contributed by atoms with E-state index in [4.69, 9.17) is 4.74 Å². The summed E-state index contributed by atoms with van der Waals surface area (Å²) in [6.07, 6.45) is 0.499. The van der Waals surface area contributed by atoms with E-state index in [2.05, 4.69) is 10.0 Å². The van der Waals surface area contributed by atoms with Gasteiger partial charge in [0, 0.05) is 25.1 Å². The number of hydrogen-bond donors (Lipinski definition) is 0. The molecule has 1 atom stereocenters. The molecule has 2 aromatic carbocycles. The van der Waals surface area contributed by atoms with Crippen LogP contribution in [-0.4, -0.2) is 54.4 Å². The maximum atomic E-state index is 14.5. The van der Waals surface area contributed by atoms with E-state index < -0.39 is 6.04 Å². The number of rotatable bonds is 4. The average molecular weight is 381 g/mol. The lowest BCUT2D eigenvalue weighted by molar-refractivity contribution is -0.135. The molecule has 5 nitrogen and oxygen atoms in total. The van der Waals surface area contributed by atoms with Crippen molar-refractivity contribution in [2.45, 2.75) is 19.4 Å². The van der Waals surface area contributed by atoms with Crippen LogP contribution in [0, 0.1) is 12.7 Å². The van der Waals surface area contributed by atoms with Crippen molar-refractivity contribution < 1.29 is 13.9 Å². The molecule has 2 aliphatic heterocycles. The summed E-state index contributed by atoms with van der Waals surface area (Å²) in [5.74, 6) is -0.421. The zero-order valence-electron chi connectivity index (χ0n) is 16.0. The Labute approximate surface area is 164 Å². The molecule has 0 N–H and O–H groups in total. The maximum absolute atomic E-state index is 14.5. The molecule has 1 fully saturated rings. The van der Waals surface area contributed by atoms with Gasteiger partial charge < -0.3 is 4.74 Å². The number of carbonyl (C=O) groups is 1. The maximum Gasteiger partial charge on any atom is 0.257 e. The quantitative estimate of drug-likeness (QED) is 0.817. The summed E-state index contributed by atoms with van der Waals surface area (Å²) >= 11 is 0. The molecule has 0 saturated carbocycles. The van der Waals surface area contributed by atoms with E-state index in [1.807, 2.05) is 31.2 Å². The number of halogens is 1. The SMILES string of the molecule is Cc1cccc(C2=NN(C(=O)CN3CCOCC3)C(c3ccccc3F)C2)c1. The summed E-state index contributed by atoms with van der Waals surface area (Å²) in [6, 6.07) is 14.2.